The van der Waals surface area contributed by atoms with Crippen LogP contribution in [0.5, 0.6) is 0 Å². The monoisotopic (exact) mass is 298 g/mol. The standard InChI is InChI=1S/C15H26N2O4/c1-3-14(13(19)20)6-9-17(10-14)12(18)15(11-21-2)4-7-16-8-5-15/h16H,3-11H2,1-2H3,(H,19,20). The number of aliphatic carboxylic acids is 1. The number of hydrogen-bond acceptors (Lipinski definition) is 4. The van der Waals surface area contributed by atoms with Crippen LogP contribution in [0.4, 0.5) is 0 Å². The number of rotatable bonds is 5. The molecule has 2 N–H and O–H groups in total. The third-order valence-corrected chi connectivity index (χ3v) is 5.21. The zero-order valence-corrected chi connectivity index (χ0v) is 13.0. The molecule has 6 heteroatoms. The normalized spacial score (nSPS) is 28.6. The van der Waals surface area contributed by atoms with E-state index in [1.165, 1.54) is 0 Å². The van der Waals surface area contributed by atoms with Gasteiger partial charge in [-0.25, -0.2) is 0 Å². The molecule has 0 spiro atoms. The Hall–Kier alpha value is -1.14. The van der Waals surface area contributed by atoms with Crippen LogP contribution in [0.2, 0.25) is 0 Å². The van der Waals surface area contributed by atoms with Gasteiger partial charge in [-0.1, -0.05) is 6.92 Å². The number of likely N-dealkylation sites (tertiary alicyclic amines) is 1. The molecule has 2 saturated heterocycles. The first-order chi connectivity index (χ1) is 9.99. The van der Waals surface area contributed by atoms with E-state index in [4.69, 9.17) is 4.74 Å². The molecule has 2 aliphatic rings. The first kappa shape index (κ1) is 16.2. The van der Waals surface area contributed by atoms with Gasteiger partial charge < -0.3 is 20.1 Å². The van der Waals surface area contributed by atoms with Crippen molar-refractivity contribution in [2.24, 2.45) is 10.8 Å². The van der Waals surface area contributed by atoms with Crippen molar-refractivity contribution in [2.45, 2.75) is 32.6 Å². The predicted molar refractivity (Wildman–Crippen MR) is 78.0 cm³/mol. The molecule has 1 amide bonds. The fourth-order valence-corrected chi connectivity index (χ4v) is 3.60. The largest absolute Gasteiger partial charge is 0.481 e. The lowest BCUT2D eigenvalue weighted by Gasteiger charge is -2.38. The van der Waals surface area contributed by atoms with Gasteiger partial charge in [-0.15, -0.1) is 0 Å². The summed E-state index contributed by atoms with van der Waals surface area (Å²) in [7, 11) is 1.62. The molecule has 0 radical (unpaired) electrons. The number of carbonyl (C=O) groups is 2. The second kappa shape index (κ2) is 6.32. The summed E-state index contributed by atoms with van der Waals surface area (Å²) >= 11 is 0. The fourth-order valence-electron chi connectivity index (χ4n) is 3.60. The highest BCUT2D eigenvalue weighted by Crippen LogP contribution is 2.39. The van der Waals surface area contributed by atoms with Crippen LogP contribution in [-0.4, -0.2) is 61.8 Å². The molecule has 1 atom stereocenters. The minimum Gasteiger partial charge on any atom is -0.481 e. The average molecular weight is 298 g/mol. The minimum atomic E-state index is -0.786. The van der Waals surface area contributed by atoms with Gasteiger partial charge in [-0.2, -0.15) is 0 Å². The SMILES string of the molecule is CCC1(C(=O)O)CCN(C(=O)C2(COC)CCNCC2)C1. The van der Waals surface area contributed by atoms with Gasteiger partial charge in [-0.05, 0) is 38.8 Å². The number of carboxylic acids is 1. The van der Waals surface area contributed by atoms with Gasteiger partial charge in [0, 0.05) is 20.2 Å². The highest BCUT2D eigenvalue weighted by molar-refractivity contribution is 5.85. The molecular formula is C15H26N2O4. The number of carboxylic acid groups (broad SMARTS) is 1. The lowest BCUT2D eigenvalue weighted by atomic mass is 9.78. The van der Waals surface area contributed by atoms with Gasteiger partial charge >= 0.3 is 5.97 Å². The maximum Gasteiger partial charge on any atom is 0.311 e. The van der Waals surface area contributed by atoms with E-state index in [0.717, 1.165) is 25.9 Å². The summed E-state index contributed by atoms with van der Waals surface area (Å²) in [5, 5.41) is 12.7. The van der Waals surface area contributed by atoms with E-state index in [1.54, 1.807) is 12.0 Å². The fraction of sp³-hybridized carbons (Fsp3) is 0.867. The Morgan fingerprint density at radius 2 is 1.90 bits per heavy atom. The molecule has 1 unspecified atom stereocenters. The van der Waals surface area contributed by atoms with Gasteiger partial charge in [0.25, 0.3) is 0 Å². The summed E-state index contributed by atoms with van der Waals surface area (Å²) < 4.78 is 5.30. The number of nitrogens with zero attached hydrogens (tertiary/aromatic N) is 1. The van der Waals surface area contributed by atoms with Crippen molar-refractivity contribution in [1.29, 1.82) is 0 Å². The summed E-state index contributed by atoms with van der Waals surface area (Å²) in [6, 6.07) is 0. The maximum atomic E-state index is 13.0. The van der Waals surface area contributed by atoms with Crippen molar-refractivity contribution in [3.63, 3.8) is 0 Å². The smallest absolute Gasteiger partial charge is 0.311 e. The summed E-state index contributed by atoms with van der Waals surface area (Å²) in [4.78, 5) is 26.2. The van der Waals surface area contributed by atoms with Crippen molar-refractivity contribution in [3.05, 3.63) is 0 Å². The Balaban J connectivity index is 2.13. The molecule has 0 aromatic carbocycles. The molecule has 0 aromatic heterocycles. The van der Waals surface area contributed by atoms with Crippen LogP contribution in [-0.2, 0) is 14.3 Å². The second-order valence-corrected chi connectivity index (χ2v) is 6.38. The summed E-state index contributed by atoms with van der Waals surface area (Å²) in [6.45, 7) is 4.78. The number of piperidine rings is 1. The van der Waals surface area contributed by atoms with E-state index in [0.29, 0.717) is 32.5 Å². The third-order valence-electron chi connectivity index (χ3n) is 5.21. The van der Waals surface area contributed by atoms with E-state index in [1.807, 2.05) is 6.92 Å². The molecule has 0 saturated carbocycles. The number of methoxy groups -OCH3 is 1. The molecule has 0 aromatic rings. The minimum absolute atomic E-state index is 0.0717. The first-order valence-corrected chi connectivity index (χ1v) is 7.72. The van der Waals surface area contributed by atoms with Crippen LogP contribution in [0.25, 0.3) is 0 Å². The van der Waals surface area contributed by atoms with Gasteiger partial charge in [0.05, 0.1) is 17.4 Å². The van der Waals surface area contributed by atoms with E-state index >= 15 is 0 Å². The zero-order valence-electron chi connectivity index (χ0n) is 13.0. The Bertz CT molecular complexity index is 401. The van der Waals surface area contributed by atoms with E-state index in [9.17, 15) is 14.7 Å². The molecule has 0 bridgehead atoms. The lowest BCUT2D eigenvalue weighted by Crippen LogP contribution is -2.51. The topological polar surface area (TPSA) is 78.9 Å². The Kier molecular flexibility index (Phi) is 4.88. The predicted octanol–water partition coefficient (Wildman–Crippen LogP) is 0.716. The van der Waals surface area contributed by atoms with Crippen LogP contribution < -0.4 is 5.32 Å². The molecule has 6 nitrogen and oxygen atoms in total. The second-order valence-electron chi connectivity index (χ2n) is 6.38. The van der Waals surface area contributed by atoms with Crippen LogP contribution in [0.15, 0.2) is 0 Å². The number of nitrogens with one attached hydrogen (secondary N) is 1. The number of ether oxygens (including phenoxy) is 1. The lowest BCUT2D eigenvalue weighted by molar-refractivity contribution is -0.151. The van der Waals surface area contributed by atoms with E-state index in [2.05, 4.69) is 5.32 Å². The van der Waals surface area contributed by atoms with Crippen LogP contribution >= 0.6 is 0 Å². The highest BCUT2D eigenvalue weighted by atomic mass is 16.5. The van der Waals surface area contributed by atoms with Crippen molar-refractivity contribution in [2.75, 3.05) is 39.9 Å². The molecule has 2 fully saturated rings. The van der Waals surface area contributed by atoms with E-state index in [-0.39, 0.29) is 5.91 Å². The van der Waals surface area contributed by atoms with Crippen molar-refractivity contribution in [1.82, 2.24) is 10.2 Å². The van der Waals surface area contributed by atoms with Crippen molar-refractivity contribution >= 4 is 11.9 Å². The van der Waals surface area contributed by atoms with Gasteiger partial charge in [-0.3, -0.25) is 9.59 Å². The summed E-state index contributed by atoms with van der Waals surface area (Å²) in [5.74, 6) is -0.714. The number of hydrogen-bond donors (Lipinski definition) is 2. The average Bonchev–Trinajstić information content (AvgIpc) is 2.93. The Morgan fingerprint density at radius 1 is 1.24 bits per heavy atom. The van der Waals surface area contributed by atoms with Crippen LogP contribution in [0.1, 0.15) is 32.6 Å². The molecule has 2 rings (SSSR count). The quantitative estimate of drug-likeness (QED) is 0.782. The summed E-state index contributed by atoms with van der Waals surface area (Å²) in [6.07, 6.45) is 2.61. The molecule has 0 aliphatic carbocycles. The Labute approximate surface area is 125 Å². The number of carbonyl (C=O) groups excluding carboxylic acids is 1. The first-order valence-electron chi connectivity index (χ1n) is 7.72. The summed E-state index contributed by atoms with van der Waals surface area (Å²) in [5.41, 5.74) is -1.25. The molecule has 2 aliphatic heterocycles. The van der Waals surface area contributed by atoms with Crippen LogP contribution in [0.3, 0.4) is 0 Å². The zero-order chi connectivity index (χ0) is 15.5. The third kappa shape index (κ3) is 2.92. The maximum absolute atomic E-state index is 13.0. The van der Waals surface area contributed by atoms with Crippen molar-refractivity contribution in [3.8, 4) is 0 Å². The molecule has 120 valence electrons. The van der Waals surface area contributed by atoms with Crippen molar-refractivity contribution < 1.29 is 19.4 Å². The highest BCUT2D eigenvalue weighted by Gasteiger charge is 2.49. The van der Waals surface area contributed by atoms with E-state index < -0.39 is 16.8 Å². The van der Waals surface area contributed by atoms with Gasteiger partial charge in [0.1, 0.15) is 0 Å². The van der Waals surface area contributed by atoms with Gasteiger partial charge in [0.2, 0.25) is 5.91 Å². The Morgan fingerprint density at radius 3 is 2.38 bits per heavy atom. The molecule has 21 heavy (non-hydrogen) atoms. The molecular weight excluding hydrogens is 272 g/mol. The molecule has 2 heterocycles. The van der Waals surface area contributed by atoms with Gasteiger partial charge in [0.15, 0.2) is 0 Å². The number of amides is 1. The van der Waals surface area contributed by atoms with Crippen LogP contribution in [0, 0.1) is 10.8 Å².